The Hall–Kier alpha value is -2.04. The number of carbonyl (C=O) groups excluding carboxylic acids is 1. The molecule has 28 heavy (non-hydrogen) atoms. The first-order valence-corrected chi connectivity index (χ1v) is 10.3. The van der Waals surface area contributed by atoms with Crippen molar-refractivity contribution in [3.63, 3.8) is 0 Å². The molecule has 0 radical (unpaired) electrons. The summed E-state index contributed by atoms with van der Waals surface area (Å²) in [5.41, 5.74) is 4.61. The average molecular weight is 401 g/mol. The fourth-order valence-corrected chi connectivity index (χ4v) is 4.01. The quantitative estimate of drug-likeness (QED) is 0.780. The molecule has 0 bridgehead atoms. The van der Waals surface area contributed by atoms with Crippen LogP contribution >= 0.6 is 11.6 Å². The normalized spacial score (nSPS) is 15.4. The molecule has 0 saturated carbocycles. The van der Waals surface area contributed by atoms with Gasteiger partial charge in [0.15, 0.2) is 6.61 Å². The zero-order chi connectivity index (χ0) is 20.1. The number of likely N-dealkylation sites (tertiary alicyclic amines) is 1. The maximum Gasteiger partial charge on any atom is 0.258 e. The Morgan fingerprint density at radius 1 is 1.11 bits per heavy atom. The smallest absolute Gasteiger partial charge is 0.258 e. The third-order valence-electron chi connectivity index (χ3n) is 5.22. The molecule has 1 N–H and O–H groups in total. The second kappa shape index (κ2) is 9.44. The highest BCUT2D eigenvalue weighted by atomic mass is 35.5. The third kappa shape index (κ3) is 5.73. The van der Waals surface area contributed by atoms with Crippen molar-refractivity contribution in [3.05, 3.63) is 63.7 Å². The Bertz CT molecular complexity index is 789. The molecule has 1 saturated heterocycles. The van der Waals surface area contributed by atoms with Crippen molar-refractivity contribution in [2.75, 3.05) is 19.7 Å². The van der Waals surface area contributed by atoms with Crippen LogP contribution in [0.2, 0.25) is 5.02 Å². The molecular formula is C23H29ClN2O2. The Kier molecular flexibility index (Phi) is 6.97. The van der Waals surface area contributed by atoms with Crippen molar-refractivity contribution < 1.29 is 9.53 Å². The molecule has 4 nitrogen and oxygen atoms in total. The number of halogens is 1. The molecule has 1 amide bonds. The summed E-state index contributed by atoms with van der Waals surface area (Å²) in [5, 5.41) is 3.89. The fraction of sp³-hybridized carbons (Fsp3) is 0.435. The van der Waals surface area contributed by atoms with E-state index in [2.05, 4.69) is 41.4 Å². The number of rotatable bonds is 6. The molecule has 0 aromatic heterocycles. The van der Waals surface area contributed by atoms with Gasteiger partial charge in [-0.2, -0.15) is 0 Å². The largest absolute Gasteiger partial charge is 0.483 e. The van der Waals surface area contributed by atoms with E-state index < -0.39 is 0 Å². The van der Waals surface area contributed by atoms with Crippen LogP contribution in [-0.4, -0.2) is 36.5 Å². The fourth-order valence-electron chi connectivity index (χ4n) is 3.88. The first-order chi connectivity index (χ1) is 13.4. The molecule has 1 heterocycles. The second-order valence-electron chi connectivity index (χ2n) is 7.76. The van der Waals surface area contributed by atoms with Crippen LogP contribution in [0.25, 0.3) is 0 Å². The molecule has 5 heteroatoms. The van der Waals surface area contributed by atoms with Gasteiger partial charge in [0.05, 0.1) is 0 Å². The molecule has 1 aliphatic rings. The van der Waals surface area contributed by atoms with E-state index in [1.165, 1.54) is 11.1 Å². The number of amides is 1. The minimum Gasteiger partial charge on any atom is -0.483 e. The number of piperidine rings is 1. The van der Waals surface area contributed by atoms with Crippen LogP contribution < -0.4 is 10.1 Å². The van der Waals surface area contributed by atoms with E-state index in [-0.39, 0.29) is 18.6 Å². The van der Waals surface area contributed by atoms with E-state index in [0.717, 1.165) is 54.4 Å². The van der Waals surface area contributed by atoms with Gasteiger partial charge < -0.3 is 10.1 Å². The van der Waals surface area contributed by atoms with Gasteiger partial charge >= 0.3 is 0 Å². The van der Waals surface area contributed by atoms with Gasteiger partial charge in [-0.25, -0.2) is 0 Å². The van der Waals surface area contributed by atoms with Crippen LogP contribution in [0.1, 0.15) is 35.1 Å². The minimum absolute atomic E-state index is 0.0458. The standard InChI is InChI=1S/C23H29ClN2O2/c1-16-12-17(2)23(18(3)13-16)28-15-22(27)25-21-8-10-26(11-9-21)14-19-4-6-20(24)7-5-19/h4-7,12-13,21H,8-11,14-15H2,1-3H3,(H,25,27). The van der Waals surface area contributed by atoms with Gasteiger partial charge in [0, 0.05) is 30.7 Å². The van der Waals surface area contributed by atoms with Crippen molar-refractivity contribution in [2.45, 2.75) is 46.2 Å². The molecule has 0 spiro atoms. The lowest BCUT2D eigenvalue weighted by atomic mass is 10.0. The highest BCUT2D eigenvalue weighted by molar-refractivity contribution is 6.30. The Labute approximate surface area is 172 Å². The molecule has 1 fully saturated rings. The lowest BCUT2D eigenvalue weighted by molar-refractivity contribution is -0.124. The molecule has 150 valence electrons. The number of aryl methyl sites for hydroxylation is 3. The summed E-state index contributed by atoms with van der Waals surface area (Å²) in [7, 11) is 0. The minimum atomic E-state index is -0.0458. The van der Waals surface area contributed by atoms with E-state index in [1.54, 1.807) is 0 Å². The Morgan fingerprint density at radius 3 is 2.32 bits per heavy atom. The molecule has 1 aliphatic heterocycles. The molecule has 0 unspecified atom stereocenters. The lowest BCUT2D eigenvalue weighted by Gasteiger charge is -2.32. The van der Waals surface area contributed by atoms with E-state index in [0.29, 0.717) is 0 Å². The number of hydrogen-bond donors (Lipinski definition) is 1. The maximum absolute atomic E-state index is 12.3. The summed E-state index contributed by atoms with van der Waals surface area (Å²) >= 11 is 5.95. The first-order valence-electron chi connectivity index (χ1n) is 9.87. The first kappa shape index (κ1) is 20.7. The van der Waals surface area contributed by atoms with Crippen LogP contribution in [0.15, 0.2) is 36.4 Å². The molecule has 0 atom stereocenters. The van der Waals surface area contributed by atoms with Crippen LogP contribution in [-0.2, 0) is 11.3 Å². The average Bonchev–Trinajstić information content (AvgIpc) is 2.64. The third-order valence-corrected chi connectivity index (χ3v) is 5.48. The van der Waals surface area contributed by atoms with Gasteiger partial charge in [-0.05, 0) is 62.4 Å². The molecule has 2 aromatic rings. The van der Waals surface area contributed by atoms with E-state index >= 15 is 0 Å². The number of benzene rings is 2. The number of hydrogen-bond acceptors (Lipinski definition) is 3. The summed E-state index contributed by atoms with van der Waals surface area (Å²) in [6.45, 7) is 9.04. The van der Waals surface area contributed by atoms with Gasteiger partial charge in [0.25, 0.3) is 5.91 Å². The van der Waals surface area contributed by atoms with Crippen LogP contribution in [0, 0.1) is 20.8 Å². The van der Waals surface area contributed by atoms with Crippen molar-refractivity contribution in [1.82, 2.24) is 10.2 Å². The summed E-state index contributed by atoms with van der Waals surface area (Å²) in [6, 6.07) is 12.4. The van der Waals surface area contributed by atoms with Crippen LogP contribution in [0.3, 0.4) is 0 Å². The van der Waals surface area contributed by atoms with E-state index in [4.69, 9.17) is 16.3 Å². The van der Waals surface area contributed by atoms with Gasteiger partial charge in [0.1, 0.15) is 5.75 Å². The molecule has 2 aromatic carbocycles. The van der Waals surface area contributed by atoms with E-state index in [9.17, 15) is 4.79 Å². The van der Waals surface area contributed by atoms with Crippen molar-refractivity contribution in [2.24, 2.45) is 0 Å². The van der Waals surface area contributed by atoms with Gasteiger partial charge in [0.2, 0.25) is 0 Å². The molecule has 0 aliphatic carbocycles. The van der Waals surface area contributed by atoms with Crippen molar-refractivity contribution >= 4 is 17.5 Å². The Balaban J connectivity index is 1.42. The van der Waals surface area contributed by atoms with Crippen LogP contribution in [0.5, 0.6) is 5.75 Å². The van der Waals surface area contributed by atoms with Gasteiger partial charge in [-0.1, -0.05) is 41.4 Å². The van der Waals surface area contributed by atoms with Gasteiger partial charge in [-0.3, -0.25) is 9.69 Å². The predicted octanol–water partition coefficient (Wildman–Crippen LogP) is 4.42. The summed E-state index contributed by atoms with van der Waals surface area (Å²) in [6.07, 6.45) is 1.92. The SMILES string of the molecule is Cc1cc(C)c(OCC(=O)NC2CCN(Cc3ccc(Cl)cc3)CC2)c(C)c1. The topological polar surface area (TPSA) is 41.6 Å². The van der Waals surface area contributed by atoms with E-state index in [1.807, 2.05) is 26.0 Å². The Morgan fingerprint density at radius 2 is 1.71 bits per heavy atom. The highest BCUT2D eigenvalue weighted by Crippen LogP contribution is 2.24. The summed E-state index contributed by atoms with van der Waals surface area (Å²) in [5.74, 6) is 0.772. The van der Waals surface area contributed by atoms with Crippen LogP contribution in [0.4, 0.5) is 0 Å². The zero-order valence-electron chi connectivity index (χ0n) is 16.9. The molecular weight excluding hydrogens is 372 g/mol. The zero-order valence-corrected chi connectivity index (χ0v) is 17.7. The number of nitrogens with zero attached hydrogens (tertiary/aromatic N) is 1. The number of nitrogens with one attached hydrogen (secondary N) is 1. The number of carbonyl (C=O) groups is 1. The molecule has 3 rings (SSSR count). The maximum atomic E-state index is 12.3. The lowest BCUT2D eigenvalue weighted by Crippen LogP contribution is -2.45. The van der Waals surface area contributed by atoms with Crippen molar-refractivity contribution in [3.8, 4) is 5.75 Å². The summed E-state index contributed by atoms with van der Waals surface area (Å²) in [4.78, 5) is 14.7. The second-order valence-corrected chi connectivity index (χ2v) is 8.20. The summed E-state index contributed by atoms with van der Waals surface area (Å²) < 4.78 is 5.80. The monoisotopic (exact) mass is 400 g/mol. The predicted molar refractivity (Wildman–Crippen MR) is 114 cm³/mol. The number of ether oxygens (including phenoxy) is 1. The van der Waals surface area contributed by atoms with Gasteiger partial charge in [-0.15, -0.1) is 0 Å². The highest BCUT2D eigenvalue weighted by Gasteiger charge is 2.21. The van der Waals surface area contributed by atoms with Crippen molar-refractivity contribution in [1.29, 1.82) is 0 Å².